The van der Waals surface area contributed by atoms with Crippen LogP contribution in [0, 0.1) is 17.8 Å². The summed E-state index contributed by atoms with van der Waals surface area (Å²) in [5, 5.41) is 12.7. The lowest BCUT2D eigenvalue weighted by Crippen LogP contribution is -2.57. The molecule has 2 bridgehead atoms. The van der Waals surface area contributed by atoms with Crippen LogP contribution in [-0.4, -0.2) is 69.1 Å². The van der Waals surface area contributed by atoms with Gasteiger partial charge in [0.05, 0.1) is 35.8 Å². The summed E-state index contributed by atoms with van der Waals surface area (Å²) in [5.74, 6) is -1.92. The summed E-state index contributed by atoms with van der Waals surface area (Å²) in [5.41, 5.74) is 0.726. The predicted molar refractivity (Wildman–Crippen MR) is 177 cm³/mol. The molecule has 3 fully saturated rings. The lowest BCUT2D eigenvalue weighted by molar-refractivity contribution is -0.156. The minimum absolute atomic E-state index is 0.191. The first-order chi connectivity index (χ1) is 21.1. The van der Waals surface area contributed by atoms with Crippen molar-refractivity contribution in [3.05, 3.63) is 67.8 Å². The Labute approximate surface area is 265 Å². The summed E-state index contributed by atoms with van der Waals surface area (Å²) < 4.78 is 4.50. The van der Waals surface area contributed by atoms with Crippen molar-refractivity contribution in [1.82, 2.24) is 4.90 Å². The van der Waals surface area contributed by atoms with Crippen LogP contribution in [0.3, 0.4) is 0 Å². The van der Waals surface area contributed by atoms with Crippen molar-refractivity contribution in [3.63, 3.8) is 0 Å². The number of carbonyl (C=O) groups is 3. The third kappa shape index (κ3) is 5.60. The van der Waals surface area contributed by atoms with E-state index in [0.29, 0.717) is 25.9 Å². The number of thioether (sulfide) groups is 1. The van der Waals surface area contributed by atoms with Gasteiger partial charge in [0, 0.05) is 17.0 Å². The fourth-order valence-electron chi connectivity index (χ4n) is 7.81. The van der Waals surface area contributed by atoms with Crippen molar-refractivity contribution in [2.75, 3.05) is 24.7 Å². The Morgan fingerprint density at radius 3 is 2.57 bits per heavy atom. The van der Waals surface area contributed by atoms with E-state index in [4.69, 9.17) is 4.74 Å². The molecule has 7 nitrogen and oxygen atoms in total. The molecule has 8 heteroatoms. The molecule has 0 radical (unpaired) electrons. The van der Waals surface area contributed by atoms with E-state index in [1.54, 1.807) is 27.6 Å². The van der Waals surface area contributed by atoms with Gasteiger partial charge in [-0.15, -0.1) is 24.9 Å². The van der Waals surface area contributed by atoms with Crippen LogP contribution in [0.15, 0.2) is 67.8 Å². The highest BCUT2D eigenvalue weighted by Gasteiger charge is 2.78. The first-order valence-corrected chi connectivity index (χ1v) is 16.7. The van der Waals surface area contributed by atoms with E-state index < -0.39 is 33.4 Å². The van der Waals surface area contributed by atoms with Crippen molar-refractivity contribution in [2.24, 2.45) is 17.8 Å². The third-order valence-electron chi connectivity index (χ3n) is 9.72. The Morgan fingerprint density at radius 1 is 1.14 bits per heavy atom. The van der Waals surface area contributed by atoms with Gasteiger partial charge in [-0.2, -0.15) is 0 Å². The molecule has 6 atom stereocenters. The number of likely N-dealkylation sites (tertiary alicyclic amines) is 1. The summed E-state index contributed by atoms with van der Waals surface area (Å²) in [6, 6.07) is 12.6. The van der Waals surface area contributed by atoms with Crippen LogP contribution in [0.2, 0.25) is 0 Å². The van der Waals surface area contributed by atoms with Crippen LogP contribution in [0.4, 0.5) is 5.69 Å². The molecule has 44 heavy (non-hydrogen) atoms. The van der Waals surface area contributed by atoms with Crippen molar-refractivity contribution in [3.8, 4) is 0 Å². The Kier molecular flexibility index (Phi) is 9.61. The Morgan fingerprint density at radius 2 is 1.89 bits per heavy atom. The van der Waals surface area contributed by atoms with E-state index in [-0.39, 0.29) is 36.9 Å². The Hall–Kier alpha value is -3.10. The van der Waals surface area contributed by atoms with E-state index >= 15 is 0 Å². The molecule has 2 unspecified atom stereocenters. The number of unbranched alkanes of at least 4 members (excludes halogenated alkanes) is 2. The van der Waals surface area contributed by atoms with Gasteiger partial charge in [-0.1, -0.05) is 56.3 Å². The number of nitrogens with zero attached hydrogens (tertiary/aromatic N) is 2. The maximum absolute atomic E-state index is 15.0. The third-order valence-corrected chi connectivity index (χ3v) is 11.7. The predicted octanol–water partition coefficient (Wildman–Crippen LogP) is 6.15. The summed E-state index contributed by atoms with van der Waals surface area (Å²) in [6.07, 6.45) is 7.92. The van der Waals surface area contributed by atoms with E-state index in [0.717, 1.165) is 35.7 Å². The van der Waals surface area contributed by atoms with E-state index in [1.165, 1.54) is 0 Å². The number of ether oxygens (including phenoxy) is 1. The summed E-state index contributed by atoms with van der Waals surface area (Å²) in [4.78, 5) is 46.7. The number of amides is 2. The molecule has 3 heterocycles. The largest absolute Gasteiger partial charge is 0.465 e. The first kappa shape index (κ1) is 32.3. The number of aliphatic hydroxyl groups is 1. The zero-order valence-corrected chi connectivity index (χ0v) is 27.1. The smallest absolute Gasteiger partial charge is 0.311 e. The molecule has 2 amide bonds. The maximum atomic E-state index is 15.0. The van der Waals surface area contributed by atoms with Gasteiger partial charge in [0.15, 0.2) is 0 Å². The van der Waals surface area contributed by atoms with Gasteiger partial charge < -0.3 is 19.6 Å². The lowest BCUT2D eigenvalue weighted by atomic mass is 9.66. The van der Waals surface area contributed by atoms with Gasteiger partial charge in [0.2, 0.25) is 5.91 Å². The normalized spacial score (nSPS) is 27.9. The fourth-order valence-corrected chi connectivity index (χ4v) is 10.1. The molecular formula is C36H46N2O5S. The van der Waals surface area contributed by atoms with Crippen molar-refractivity contribution in [1.29, 1.82) is 0 Å². The molecule has 0 aromatic heterocycles. The molecule has 3 aliphatic heterocycles. The van der Waals surface area contributed by atoms with Crippen LogP contribution in [0.25, 0.3) is 10.8 Å². The van der Waals surface area contributed by atoms with Crippen LogP contribution in [0.1, 0.15) is 59.3 Å². The highest BCUT2D eigenvalue weighted by atomic mass is 32.2. The number of carbonyl (C=O) groups excluding carboxylic acids is 3. The number of rotatable bonds is 14. The Bertz CT molecular complexity index is 1430. The highest BCUT2D eigenvalue weighted by Crippen LogP contribution is 2.72. The molecule has 236 valence electrons. The fraction of sp³-hybridized carbons (Fsp3) is 0.528. The number of allylic oxidation sites excluding steroid dienone is 1. The minimum Gasteiger partial charge on any atom is -0.465 e. The summed E-state index contributed by atoms with van der Waals surface area (Å²) in [6.45, 7) is 14.1. The second-order valence-corrected chi connectivity index (χ2v) is 15.1. The van der Waals surface area contributed by atoms with Gasteiger partial charge in [0.1, 0.15) is 6.04 Å². The molecule has 2 aromatic carbocycles. The summed E-state index contributed by atoms with van der Waals surface area (Å²) >= 11 is 1.63. The number of fused-ring (bicyclic) bond motifs is 2. The van der Waals surface area contributed by atoms with Crippen LogP contribution >= 0.6 is 11.8 Å². The SMILES string of the molecule is C=CCCCCOC(=O)[C@H]1[C@H]2C(=O)N([C@@H](CO)CC(C)C)C(C(=O)N(CC=C)c3ccc4ccccc4c3)C23CC[C@]1(C)S3. The average molecular weight is 619 g/mol. The number of aliphatic hydroxyl groups excluding tert-OH is 1. The van der Waals surface area contributed by atoms with Gasteiger partial charge >= 0.3 is 5.97 Å². The standard InChI is InChI=1S/C36H46N2O5S/c1-6-8-9-12-20-43-34(42)30-29-32(40)38(28(23-39)21-24(3)4)31(36(29)18-17-35(30,5)44-36)33(41)37(19-7-2)27-16-15-25-13-10-11-14-26(25)22-27/h6-7,10-11,13-16,22,24,28-31,39H,1-2,8-9,12,17-21,23H2,3-5H3/t28-,29+,30-,31?,35+,36?/m1/s1. The van der Waals surface area contributed by atoms with Gasteiger partial charge in [0.25, 0.3) is 5.91 Å². The monoisotopic (exact) mass is 618 g/mol. The first-order valence-electron chi connectivity index (χ1n) is 15.9. The number of hydrogen-bond acceptors (Lipinski definition) is 6. The molecule has 1 spiro atoms. The number of esters is 1. The minimum atomic E-state index is -0.834. The van der Waals surface area contributed by atoms with Gasteiger partial charge in [-0.3, -0.25) is 14.4 Å². The zero-order chi connectivity index (χ0) is 31.6. The van der Waals surface area contributed by atoms with Crippen molar-refractivity contribution >= 4 is 46.0 Å². The molecule has 3 saturated heterocycles. The second kappa shape index (κ2) is 13.1. The zero-order valence-electron chi connectivity index (χ0n) is 26.2. The van der Waals surface area contributed by atoms with E-state index in [1.807, 2.05) is 62.4 Å². The summed E-state index contributed by atoms with van der Waals surface area (Å²) in [7, 11) is 0. The number of anilines is 1. The second-order valence-electron chi connectivity index (χ2n) is 13.2. The Balaban J connectivity index is 1.56. The van der Waals surface area contributed by atoms with Crippen LogP contribution in [0.5, 0.6) is 0 Å². The number of benzene rings is 2. The topological polar surface area (TPSA) is 87.1 Å². The van der Waals surface area contributed by atoms with Crippen LogP contribution in [-0.2, 0) is 19.1 Å². The van der Waals surface area contributed by atoms with Gasteiger partial charge in [-0.05, 0) is 74.3 Å². The van der Waals surface area contributed by atoms with E-state index in [9.17, 15) is 19.5 Å². The molecule has 3 aliphatic rings. The lowest BCUT2D eigenvalue weighted by Gasteiger charge is -2.40. The molecule has 5 rings (SSSR count). The van der Waals surface area contributed by atoms with Crippen molar-refractivity contribution in [2.45, 2.75) is 80.9 Å². The maximum Gasteiger partial charge on any atom is 0.311 e. The highest BCUT2D eigenvalue weighted by molar-refractivity contribution is 8.02. The molecule has 0 saturated carbocycles. The van der Waals surface area contributed by atoms with Gasteiger partial charge in [-0.25, -0.2) is 0 Å². The van der Waals surface area contributed by atoms with Crippen molar-refractivity contribution < 1.29 is 24.2 Å². The molecule has 1 N–H and O–H groups in total. The quantitative estimate of drug-likeness (QED) is 0.155. The molecular weight excluding hydrogens is 572 g/mol. The number of hydrogen-bond donors (Lipinski definition) is 1. The molecule has 2 aromatic rings. The van der Waals surface area contributed by atoms with E-state index in [2.05, 4.69) is 20.1 Å². The average Bonchev–Trinajstić information content (AvgIpc) is 3.58. The van der Waals surface area contributed by atoms with Crippen LogP contribution < -0.4 is 4.90 Å². The molecule has 0 aliphatic carbocycles.